The number of ether oxygens (including phenoxy) is 2. The number of rotatable bonds is 6. The van der Waals surface area contributed by atoms with E-state index >= 15 is 0 Å². The summed E-state index contributed by atoms with van der Waals surface area (Å²) in [4.78, 5) is 2.51. The number of methoxy groups -OCH3 is 2. The fourth-order valence-corrected chi connectivity index (χ4v) is 2.79. The highest BCUT2D eigenvalue weighted by Crippen LogP contribution is 2.20. The number of piperidine rings is 1. The Morgan fingerprint density at radius 3 is 2.35 bits per heavy atom. The minimum absolute atomic E-state index is 0.361. The van der Waals surface area contributed by atoms with Crippen molar-refractivity contribution in [2.24, 2.45) is 0 Å². The van der Waals surface area contributed by atoms with Gasteiger partial charge < -0.3 is 19.7 Å². The van der Waals surface area contributed by atoms with Gasteiger partial charge in [0.25, 0.3) is 0 Å². The molecule has 0 saturated carbocycles. The van der Waals surface area contributed by atoms with Crippen molar-refractivity contribution in [3.63, 3.8) is 0 Å². The van der Waals surface area contributed by atoms with Crippen LogP contribution in [-0.2, 0) is 4.74 Å². The maximum Gasteiger partial charge on any atom is 0.118 e. The van der Waals surface area contributed by atoms with E-state index in [9.17, 15) is 0 Å². The van der Waals surface area contributed by atoms with Gasteiger partial charge in [-0.15, -0.1) is 0 Å². The lowest BCUT2D eigenvalue weighted by Crippen LogP contribution is -2.41. The van der Waals surface area contributed by atoms with E-state index in [1.165, 1.54) is 5.56 Å². The van der Waals surface area contributed by atoms with Crippen LogP contribution in [0, 0.1) is 0 Å². The van der Waals surface area contributed by atoms with Gasteiger partial charge in [-0.1, -0.05) is 12.1 Å². The molecular weight excluding hydrogens is 252 g/mol. The van der Waals surface area contributed by atoms with E-state index in [2.05, 4.69) is 22.3 Å². The Labute approximate surface area is 122 Å². The van der Waals surface area contributed by atoms with Crippen LogP contribution in [0.3, 0.4) is 0 Å². The second-order valence-electron chi connectivity index (χ2n) is 5.35. The molecule has 112 valence electrons. The Hall–Kier alpha value is -1.10. The van der Waals surface area contributed by atoms with Crippen LogP contribution in [0.1, 0.15) is 24.4 Å². The standard InChI is InChI=1S/C16H26N2O2/c1-17-16(13-4-6-14(19-2)7-5-13)12-18-10-8-15(20-3)9-11-18/h4-7,15-17H,8-12H2,1-3H3. The van der Waals surface area contributed by atoms with Gasteiger partial charge in [-0.2, -0.15) is 0 Å². The van der Waals surface area contributed by atoms with Crippen molar-refractivity contribution in [3.05, 3.63) is 29.8 Å². The zero-order chi connectivity index (χ0) is 14.4. The molecule has 1 aromatic rings. The first-order valence-electron chi connectivity index (χ1n) is 7.33. The summed E-state index contributed by atoms with van der Waals surface area (Å²) in [5.41, 5.74) is 1.31. The second kappa shape index (κ2) is 7.62. The first-order chi connectivity index (χ1) is 9.76. The highest BCUT2D eigenvalue weighted by Gasteiger charge is 2.21. The number of benzene rings is 1. The molecule has 4 nitrogen and oxygen atoms in total. The molecule has 1 aliphatic rings. The molecule has 20 heavy (non-hydrogen) atoms. The summed E-state index contributed by atoms with van der Waals surface area (Å²) >= 11 is 0. The molecule has 1 heterocycles. The summed E-state index contributed by atoms with van der Waals surface area (Å²) in [6, 6.07) is 8.69. The highest BCUT2D eigenvalue weighted by molar-refractivity contribution is 5.29. The highest BCUT2D eigenvalue weighted by atomic mass is 16.5. The topological polar surface area (TPSA) is 33.7 Å². The van der Waals surface area contributed by atoms with E-state index in [1.807, 2.05) is 26.3 Å². The maximum absolute atomic E-state index is 5.42. The van der Waals surface area contributed by atoms with Crippen molar-refractivity contribution < 1.29 is 9.47 Å². The molecule has 1 N–H and O–H groups in total. The minimum Gasteiger partial charge on any atom is -0.497 e. The Morgan fingerprint density at radius 2 is 1.85 bits per heavy atom. The van der Waals surface area contributed by atoms with Crippen LogP contribution in [0.15, 0.2) is 24.3 Å². The van der Waals surface area contributed by atoms with Crippen LogP contribution in [0.4, 0.5) is 0 Å². The maximum atomic E-state index is 5.42. The Bertz CT molecular complexity index is 386. The summed E-state index contributed by atoms with van der Waals surface area (Å²) in [5.74, 6) is 0.907. The molecule has 1 saturated heterocycles. The van der Waals surface area contributed by atoms with Gasteiger partial charge in [0.05, 0.1) is 13.2 Å². The molecule has 0 bridgehead atoms. The minimum atomic E-state index is 0.361. The lowest BCUT2D eigenvalue weighted by Gasteiger charge is -2.33. The van der Waals surface area contributed by atoms with Gasteiger partial charge in [-0.05, 0) is 37.6 Å². The molecule has 1 aliphatic heterocycles. The van der Waals surface area contributed by atoms with Crippen molar-refractivity contribution in [2.75, 3.05) is 40.9 Å². The number of likely N-dealkylation sites (tertiary alicyclic amines) is 1. The van der Waals surface area contributed by atoms with Gasteiger partial charge in [0.2, 0.25) is 0 Å². The molecule has 4 heteroatoms. The Balaban J connectivity index is 1.91. The molecule has 1 aromatic carbocycles. The van der Waals surface area contributed by atoms with Crippen LogP contribution in [0.2, 0.25) is 0 Å². The van der Waals surface area contributed by atoms with Gasteiger partial charge in [0.1, 0.15) is 5.75 Å². The van der Waals surface area contributed by atoms with E-state index in [1.54, 1.807) is 7.11 Å². The van der Waals surface area contributed by atoms with E-state index in [-0.39, 0.29) is 0 Å². The van der Waals surface area contributed by atoms with Gasteiger partial charge in [-0.3, -0.25) is 0 Å². The summed E-state index contributed by atoms with van der Waals surface area (Å²) in [7, 11) is 5.54. The lowest BCUT2D eigenvalue weighted by molar-refractivity contribution is 0.0386. The van der Waals surface area contributed by atoms with E-state index in [4.69, 9.17) is 9.47 Å². The van der Waals surface area contributed by atoms with Crippen LogP contribution < -0.4 is 10.1 Å². The Morgan fingerprint density at radius 1 is 1.20 bits per heavy atom. The molecular formula is C16H26N2O2. The monoisotopic (exact) mass is 278 g/mol. The average Bonchev–Trinajstić information content (AvgIpc) is 2.53. The van der Waals surface area contributed by atoms with Crippen LogP contribution in [-0.4, -0.2) is 51.9 Å². The molecule has 0 radical (unpaired) electrons. The van der Waals surface area contributed by atoms with E-state index in [0.717, 1.165) is 38.2 Å². The van der Waals surface area contributed by atoms with Gasteiger partial charge >= 0.3 is 0 Å². The van der Waals surface area contributed by atoms with Crippen molar-refractivity contribution >= 4 is 0 Å². The van der Waals surface area contributed by atoms with E-state index in [0.29, 0.717) is 12.1 Å². The zero-order valence-electron chi connectivity index (χ0n) is 12.8. The predicted molar refractivity (Wildman–Crippen MR) is 81.3 cm³/mol. The van der Waals surface area contributed by atoms with Crippen LogP contribution in [0.5, 0.6) is 5.75 Å². The third-order valence-electron chi connectivity index (χ3n) is 4.18. The second-order valence-corrected chi connectivity index (χ2v) is 5.35. The van der Waals surface area contributed by atoms with Crippen LogP contribution in [0.25, 0.3) is 0 Å². The molecule has 1 unspecified atom stereocenters. The summed E-state index contributed by atoms with van der Waals surface area (Å²) in [5, 5.41) is 3.41. The lowest BCUT2D eigenvalue weighted by atomic mass is 10.0. The molecule has 0 aliphatic carbocycles. The van der Waals surface area contributed by atoms with Crippen molar-refractivity contribution in [1.29, 1.82) is 0 Å². The molecule has 1 fully saturated rings. The number of hydrogen-bond acceptors (Lipinski definition) is 4. The van der Waals surface area contributed by atoms with E-state index < -0.39 is 0 Å². The third-order valence-corrected chi connectivity index (χ3v) is 4.18. The number of nitrogens with one attached hydrogen (secondary N) is 1. The quantitative estimate of drug-likeness (QED) is 0.863. The molecule has 1 atom stereocenters. The number of hydrogen-bond donors (Lipinski definition) is 1. The molecule has 0 spiro atoms. The number of likely N-dealkylation sites (N-methyl/N-ethyl adjacent to an activating group) is 1. The average molecular weight is 278 g/mol. The Kier molecular flexibility index (Phi) is 5.83. The van der Waals surface area contributed by atoms with Crippen molar-refractivity contribution in [3.8, 4) is 5.75 Å². The molecule has 0 amide bonds. The molecule has 0 aromatic heterocycles. The van der Waals surface area contributed by atoms with Gasteiger partial charge in [0, 0.05) is 32.8 Å². The van der Waals surface area contributed by atoms with Crippen molar-refractivity contribution in [1.82, 2.24) is 10.2 Å². The summed E-state index contributed by atoms with van der Waals surface area (Å²) in [6.45, 7) is 3.28. The predicted octanol–water partition coefficient (Wildman–Crippen LogP) is 2.07. The van der Waals surface area contributed by atoms with Gasteiger partial charge in [-0.25, -0.2) is 0 Å². The summed E-state index contributed by atoms with van der Waals surface area (Å²) in [6.07, 6.45) is 2.71. The normalized spacial score (nSPS) is 18.9. The number of nitrogens with zero attached hydrogens (tertiary/aromatic N) is 1. The fraction of sp³-hybridized carbons (Fsp3) is 0.625. The fourth-order valence-electron chi connectivity index (χ4n) is 2.79. The van der Waals surface area contributed by atoms with Gasteiger partial charge in [0.15, 0.2) is 0 Å². The first-order valence-corrected chi connectivity index (χ1v) is 7.33. The SMILES string of the molecule is CNC(CN1CCC(OC)CC1)c1ccc(OC)cc1. The van der Waals surface area contributed by atoms with Crippen molar-refractivity contribution in [2.45, 2.75) is 25.0 Å². The first kappa shape index (κ1) is 15.3. The smallest absolute Gasteiger partial charge is 0.118 e. The summed E-state index contributed by atoms with van der Waals surface area (Å²) < 4.78 is 10.6. The molecule has 2 rings (SSSR count). The third kappa shape index (κ3) is 3.95. The zero-order valence-corrected chi connectivity index (χ0v) is 12.8. The van der Waals surface area contributed by atoms with Crippen LogP contribution >= 0.6 is 0 Å². The largest absolute Gasteiger partial charge is 0.497 e.